The molecule has 0 spiro atoms. The van der Waals surface area contributed by atoms with E-state index < -0.39 is 24.6 Å². The summed E-state index contributed by atoms with van der Waals surface area (Å²) in [5.74, 6) is -2.08. The van der Waals surface area contributed by atoms with Gasteiger partial charge in [0.25, 0.3) is 17.7 Å². The molecule has 2 aliphatic rings. The fraction of sp³-hybridized carbons (Fsp3) is 0.353. The van der Waals surface area contributed by atoms with Crippen LogP contribution in [0.3, 0.4) is 0 Å². The third-order valence-corrected chi connectivity index (χ3v) is 4.06. The lowest BCUT2D eigenvalue weighted by Gasteiger charge is -2.13. The normalized spacial score (nSPS) is 15.9. The first-order chi connectivity index (χ1) is 12.5. The molecule has 3 rings (SSSR count). The van der Waals surface area contributed by atoms with Gasteiger partial charge in [-0.3, -0.25) is 24.1 Å². The van der Waals surface area contributed by atoms with Gasteiger partial charge in [0, 0.05) is 13.0 Å². The Hall–Kier alpha value is -3.23. The van der Waals surface area contributed by atoms with Crippen LogP contribution in [0.2, 0.25) is 0 Å². The summed E-state index contributed by atoms with van der Waals surface area (Å²) in [6.07, 6.45) is -0.605. The number of cyclic esters (lactones) is 1. The SMILES string of the molecule is O=C(CCCN1C(=O)c2ccccc2C1=O)OCC(=O)N1CCOC1=O. The van der Waals surface area contributed by atoms with Gasteiger partial charge in [0.05, 0.1) is 17.7 Å². The number of hydrogen-bond acceptors (Lipinski definition) is 7. The molecule has 0 aliphatic carbocycles. The zero-order valence-electron chi connectivity index (χ0n) is 13.8. The summed E-state index contributed by atoms with van der Waals surface area (Å²) < 4.78 is 9.44. The Kier molecular flexibility index (Phi) is 4.97. The fourth-order valence-electron chi connectivity index (χ4n) is 2.74. The van der Waals surface area contributed by atoms with Crippen molar-refractivity contribution in [2.24, 2.45) is 0 Å². The highest BCUT2D eigenvalue weighted by Gasteiger charge is 2.34. The van der Waals surface area contributed by atoms with E-state index in [0.29, 0.717) is 11.1 Å². The van der Waals surface area contributed by atoms with Gasteiger partial charge in [-0.2, -0.15) is 0 Å². The van der Waals surface area contributed by atoms with E-state index >= 15 is 0 Å². The number of carbonyl (C=O) groups excluding carboxylic acids is 5. The van der Waals surface area contributed by atoms with Crippen molar-refractivity contribution in [2.75, 3.05) is 26.3 Å². The van der Waals surface area contributed by atoms with E-state index in [0.717, 1.165) is 9.80 Å². The van der Waals surface area contributed by atoms with Gasteiger partial charge >= 0.3 is 12.1 Å². The van der Waals surface area contributed by atoms with Crippen molar-refractivity contribution in [2.45, 2.75) is 12.8 Å². The number of carbonyl (C=O) groups is 5. The number of esters is 1. The minimum atomic E-state index is -0.753. The van der Waals surface area contributed by atoms with Crippen molar-refractivity contribution in [3.63, 3.8) is 0 Å². The molecule has 9 heteroatoms. The van der Waals surface area contributed by atoms with Crippen LogP contribution in [0.15, 0.2) is 24.3 Å². The van der Waals surface area contributed by atoms with Crippen molar-refractivity contribution in [1.29, 1.82) is 0 Å². The Morgan fingerprint density at radius 2 is 1.73 bits per heavy atom. The molecule has 4 amide bonds. The van der Waals surface area contributed by atoms with Gasteiger partial charge in [-0.25, -0.2) is 9.69 Å². The first-order valence-electron chi connectivity index (χ1n) is 8.07. The molecule has 136 valence electrons. The average molecular weight is 360 g/mol. The Balaban J connectivity index is 1.42. The number of benzene rings is 1. The number of nitrogens with zero attached hydrogens (tertiary/aromatic N) is 2. The standard InChI is InChI=1S/C17H16N2O7/c20-13(18-8-9-25-17(18)24)10-26-14(21)6-3-7-19-15(22)11-4-1-2-5-12(11)16(19)23/h1-2,4-5H,3,6-10H2. The number of amides is 4. The van der Waals surface area contributed by atoms with E-state index in [1.807, 2.05) is 0 Å². The molecule has 1 fully saturated rings. The Labute approximate surface area is 148 Å². The van der Waals surface area contributed by atoms with Gasteiger partial charge < -0.3 is 9.47 Å². The molecule has 2 aliphatic heterocycles. The summed E-state index contributed by atoms with van der Waals surface area (Å²) >= 11 is 0. The molecule has 1 aromatic rings. The van der Waals surface area contributed by atoms with Gasteiger partial charge in [-0.05, 0) is 18.6 Å². The van der Waals surface area contributed by atoms with Crippen LogP contribution in [0.5, 0.6) is 0 Å². The first kappa shape index (κ1) is 17.6. The molecular formula is C17H16N2O7. The zero-order valence-corrected chi connectivity index (χ0v) is 13.8. The molecule has 0 saturated carbocycles. The second-order valence-electron chi connectivity index (χ2n) is 5.73. The summed E-state index contributed by atoms with van der Waals surface area (Å²) in [7, 11) is 0. The molecule has 0 radical (unpaired) electrons. The molecule has 1 saturated heterocycles. The number of imide groups is 2. The summed E-state index contributed by atoms with van der Waals surface area (Å²) in [5, 5.41) is 0. The summed E-state index contributed by atoms with van der Waals surface area (Å²) in [4.78, 5) is 60.9. The van der Waals surface area contributed by atoms with E-state index in [2.05, 4.69) is 4.74 Å². The largest absolute Gasteiger partial charge is 0.456 e. The zero-order chi connectivity index (χ0) is 18.7. The monoisotopic (exact) mass is 360 g/mol. The van der Waals surface area contributed by atoms with Crippen LogP contribution >= 0.6 is 0 Å². The van der Waals surface area contributed by atoms with Crippen LogP contribution < -0.4 is 0 Å². The van der Waals surface area contributed by atoms with E-state index in [1.165, 1.54) is 0 Å². The molecule has 0 unspecified atom stereocenters. The van der Waals surface area contributed by atoms with Crippen molar-refractivity contribution in [3.8, 4) is 0 Å². The Morgan fingerprint density at radius 3 is 2.31 bits per heavy atom. The van der Waals surface area contributed by atoms with Crippen LogP contribution in [-0.2, 0) is 19.1 Å². The van der Waals surface area contributed by atoms with Crippen molar-refractivity contribution in [3.05, 3.63) is 35.4 Å². The second-order valence-corrected chi connectivity index (χ2v) is 5.73. The highest BCUT2D eigenvalue weighted by atomic mass is 16.6. The van der Waals surface area contributed by atoms with Gasteiger partial charge in [0.15, 0.2) is 6.61 Å². The van der Waals surface area contributed by atoms with E-state index in [-0.39, 0.29) is 44.4 Å². The number of rotatable bonds is 6. The van der Waals surface area contributed by atoms with Gasteiger partial charge in [0.1, 0.15) is 6.61 Å². The minimum absolute atomic E-state index is 0.0644. The summed E-state index contributed by atoms with van der Waals surface area (Å²) in [6, 6.07) is 6.52. The summed E-state index contributed by atoms with van der Waals surface area (Å²) in [6.45, 7) is -0.220. The molecule has 0 aromatic heterocycles. The third kappa shape index (κ3) is 3.41. The number of ether oxygens (including phenoxy) is 2. The van der Waals surface area contributed by atoms with Gasteiger partial charge in [0.2, 0.25) is 0 Å². The van der Waals surface area contributed by atoms with Crippen LogP contribution in [0.25, 0.3) is 0 Å². The Bertz CT molecular complexity index is 754. The molecule has 2 heterocycles. The molecule has 0 N–H and O–H groups in total. The highest BCUT2D eigenvalue weighted by molar-refractivity contribution is 6.21. The number of fused-ring (bicyclic) bond motifs is 1. The minimum Gasteiger partial charge on any atom is -0.456 e. The van der Waals surface area contributed by atoms with Gasteiger partial charge in [-0.1, -0.05) is 12.1 Å². The van der Waals surface area contributed by atoms with Crippen molar-refractivity contribution < 1.29 is 33.4 Å². The first-order valence-corrected chi connectivity index (χ1v) is 8.07. The quantitative estimate of drug-likeness (QED) is 0.539. The molecular weight excluding hydrogens is 344 g/mol. The average Bonchev–Trinajstić information content (AvgIpc) is 3.17. The van der Waals surface area contributed by atoms with Crippen LogP contribution in [0.4, 0.5) is 4.79 Å². The third-order valence-electron chi connectivity index (χ3n) is 4.06. The predicted molar refractivity (Wildman–Crippen MR) is 85.1 cm³/mol. The predicted octanol–water partition coefficient (Wildman–Crippen LogP) is 0.585. The second kappa shape index (κ2) is 7.34. The lowest BCUT2D eigenvalue weighted by atomic mass is 10.1. The van der Waals surface area contributed by atoms with Crippen LogP contribution in [-0.4, -0.2) is 65.9 Å². The van der Waals surface area contributed by atoms with E-state index in [9.17, 15) is 24.0 Å². The topological polar surface area (TPSA) is 110 Å². The van der Waals surface area contributed by atoms with Crippen molar-refractivity contribution >= 4 is 29.8 Å². The lowest BCUT2D eigenvalue weighted by Crippen LogP contribution is -2.35. The van der Waals surface area contributed by atoms with Crippen molar-refractivity contribution in [1.82, 2.24) is 9.80 Å². The maximum Gasteiger partial charge on any atom is 0.416 e. The van der Waals surface area contributed by atoms with E-state index in [1.54, 1.807) is 24.3 Å². The van der Waals surface area contributed by atoms with E-state index in [4.69, 9.17) is 4.74 Å². The Morgan fingerprint density at radius 1 is 1.08 bits per heavy atom. The smallest absolute Gasteiger partial charge is 0.416 e. The molecule has 0 bridgehead atoms. The van der Waals surface area contributed by atoms with Gasteiger partial charge in [-0.15, -0.1) is 0 Å². The maximum absolute atomic E-state index is 12.2. The number of hydrogen-bond donors (Lipinski definition) is 0. The van der Waals surface area contributed by atoms with Crippen LogP contribution in [0.1, 0.15) is 33.6 Å². The maximum atomic E-state index is 12.2. The molecule has 26 heavy (non-hydrogen) atoms. The lowest BCUT2D eigenvalue weighted by molar-refractivity contribution is -0.150. The fourth-order valence-corrected chi connectivity index (χ4v) is 2.74. The summed E-state index contributed by atoms with van der Waals surface area (Å²) in [5.41, 5.74) is 0.700. The molecule has 0 atom stereocenters. The molecule has 9 nitrogen and oxygen atoms in total. The highest BCUT2D eigenvalue weighted by Crippen LogP contribution is 2.22. The van der Waals surface area contributed by atoms with Crippen LogP contribution in [0, 0.1) is 0 Å². The molecule has 1 aromatic carbocycles.